The molecule has 0 radical (unpaired) electrons. The van der Waals surface area contributed by atoms with E-state index < -0.39 is 12.1 Å². The molecule has 1 amide bonds. The minimum Gasteiger partial charge on any atom is -0.475 e. The number of rotatable bonds is 6. The molecule has 1 aliphatic heterocycles. The molecule has 3 heterocycles. The van der Waals surface area contributed by atoms with Gasteiger partial charge in [-0.3, -0.25) is 18.7 Å². The number of alkyl halides is 3. The molecule has 0 unspecified atom stereocenters. The Balaban J connectivity index is 0.000000540. The van der Waals surface area contributed by atoms with E-state index in [1.165, 1.54) is 18.7 Å². The number of carboxylic acids is 1. The SMILES string of the molecule is CC#CCn1c(N2CCNCC2)nc2nc(SCCNC(C)=O)n(C)c(=O)c21.O=C(O)C(F)(F)F. The van der Waals surface area contributed by atoms with Crippen LogP contribution in [0.3, 0.4) is 0 Å². The van der Waals surface area contributed by atoms with Crippen molar-refractivity contribution in [3.8, 4) is 11.8 Å². The molecule has 0 atom stereocenters. The molecule has 1 saturated heterocycles. The molecule has 1 aliphatic rings. The normalized spacial score (nSPS) is 13.5. The number of aromatic nitrogens is 4. The summed E-state index contributed by atoms with van der Waals surface area (Å²) in [6.45, 7) is 7.57. The number of nitrogens with zero attached hydrogens (tertiary/aromatic N) is 5. The van der Waals surface area contributed by atoms with Crippen LogP contribution < -0.4 is 21.1 Å². The minimum atomic E-state index is -5.08. The maximum atomic E-state index is 13.1. The Kier molecular flexibility index (Phi) is 9.96. The fourth-order valence-electron chi connectivity index (χ4n) is 3.04. The van der Waals surface area contributed by atoms with Crippen molar-refractivity contribution in [2.24, 2.45) is 7.05 Å². The van der Waals surface area contributed by atoms with E-state index in [4.69, 9.17) is 14.9 Å². The van der Waals surface area contributed by atoms with Crippen LogP contribution in [0.4, 0.5) is 19.1 Å². The van der Waals surface area contributed by atoms with E-state index in [9.17, 15) is 22.8 Å². The van der Waals surface area contributed by atoms with Gasteiger partial charge in [-0.25, -0.2) is 9.78 Å². The molecule has 3 N–H and O–H groups in total. The molecule has 0 bridgehead atoms. The summed E-state index contributed by atoms with van der Waals surface area (Å²) in [7, 11) is 1.71. The van der Waals surface area contributed by atoms with E-state index in [1.54, 1.807) is 18.5 Å². The van der Waals surface area contributed by atoms with E-state index in [0.29, 0.717) is 35.2 Å². The molecule has 0 spiro atoms. The fraction of sp³-hybridized carbons (Fsp3) is 0.550. The van der Waals surface area contributed by atoms with Crippen LogP contribution in [-0.4, -0.2) is 80.7 Å². The number of thioether (sulfide) groups is 1. The van der Waals surface area contributed by atoms with Crippen LogP contribution in [0.15, 0.2) is 9.95 Å². The lowest BCUT2D eigenvalue weighted by Crippen LogP contribution is -2.44. The molecule has 0 aliphatic carbocycles. The van der Waals surface area contributed by atoms with E-state index in [2.05, 4.69) is 32.4 Å². The number of halogens is 3. The molecule has 1 fully saturated rings. The number of hydrogen-bond donors (Lipinski definition) is 3. The summed E-state index contributed by atoms with van der Waals surface area (Å²) in [5.74, 6) is 4.47. The molecular weight excluding hydrogens is 491 g/mol. The third-order valence-corrected chi connectivity index (χ3v) is 5.72. The number of hydrogen-bond acceptors (Lipinski definition) is 8. The second-order valence-corrected chi connectivity index (χ2v) is 8.29. The summed E-state index contributed by atoms with van der Waals surface area (Å²) in [5.41, 5.74) is 0.778. The van der Waals surface area contributed by atoms with Gasteiger partial charge in [-0.2, -0.15) is 18.2 Å². The maximum absolute atomic E-state index is 13.1. The molecule has 3 rings (SSSR count). The van der Waals surface area contributed by atoms with Crippen LogP contribution in [0.2, 0.25) is 0 Å². The minimum absolute atomic E-state index is 0.0747. The zero-order valence-electron chi connectivity index (χ0n) is 19.4. The zero-order valence-corrected chi connectivity index (χ0v) is 20.2. The van der Waals surface area contributed by atoms with E-state index in [1.807, 2.05) is 4.57 Å². The van der Waals surface area contributed by atoms with Crippen molar-refractivity contribution in [1.82, 2.24) is 29.7 Å². The van der Waals surface area contributed by atoms with Crippen molar-refractivity contribution in [1.29, 1.82) is 0 Å². The van der Waals surface area contributed by atoms with Gasteiger partial charge in [0, 0.05) is 52.4 Å². The third kappa shape index (κ3) is 7.62. The number of aliphatic carboxylic acids is 1. The summed E-state index contributed by atoms with van der Waals surface area (Å²) in [5, 5.41) is 13.8. The number of imidazole rings is 1. The quantitative estimate of drug-likeness (QED) is 0.216. The van der Waals surface area contributed by atoms with Gasteiger partial charge in [-0.1, -0.05) is 17.7 Å². The van der Waals surface area contributed by atoms with Crippen LogP contribution in [0.25, 0.3) is 11.2 Å². The summed E-state index contributed by atoms with van der Waals surface area (Å²) in [6, 6.07) is 0. The smallest absolute Gasteiger partial charge is 0.475 e. The summed E-state index contributed by atoms with van der Waals surface area (Å²) >= 11 is 1.42. The molecular formula is C20H26F3N7O4S. The highest BCUT2D eigenvalue weighted by molar-refractivity contribution is 7.99. The molecule has 2 aromatic rings. The monoisotopic (exact) mass is 517 g/mol. The van der Waals surface area contributed by atoms with Crippen molar-refractivity contribution < 1.29 is 27.9 Å². The largest absolute Gasteiger partial charge is 0.490 e. The van der Waals surface area contributed by atoms with Gasteiger partial charge in [0.1, 0.15) is 0 Å². The van der Waals surface area contributed by atoms with Gasteiger partial charge < -0.3 is 20.6 Å². The van der Waals surface area contributed by atoms with Crippen LogP contribution in [0.5, 0.6) is 0 Å². The first kappa shape index (κ1) is 28.0. The topological polar surface area (TPSA) is 134 Å². The summed E-state index contributed by atoms with van der Waals surface area (Å²) in [6.07, 6.45) is -5.08. The predicted molar refractivity (Wildman–Crippen MR) is 124 cm³/mol. The molecule has 0 aromatic carbocycles. The van der Waals surface area contributed by atoms with Crippen molar-refractivity contribution in [3.05, 3.63) is 10.4 Å². The van der Waals surface area contributed by atoms with Gasteiger partial charge in [0.2, 0.25) is 11.9 Å². The van der Waals surface area contributed by atoms with Gasteiger partial charge in [0.05, 0.1) is 6.54 Å². The Morgan fingerprint density at radius 1 is 1.26 bits per heavy atom. The van der Waals surface area contributed by atoms with Crippen molar-refractivity contribution >= 4 is 40.8 Å². The predicted octanol–water partition coefficient (Wildman–Crippen LogP) is 0.424. The number of fused-ring (bicyclic) bond motifs is 1. The Morgan fingerprint density at radius 3 is 2.43 bits per heavy atom. The Bertz CT molecular complexity index is 1180. The fourth-order valence-corrected chi connectivity index (χ4v) is 3.86. The number of piperazine rings is 1. The average molecular weight is 518 g/mol. The van der Waals surface area contributed by atoms with E-state index >= 15 is 0 Å². The Labute approximate surface area is 203 Å². The Morgan fingerprint density at radius 2 is 1.89 bits per heavy atom. The first-order chi connectivity index (χ1) is 16.5. The lowest BCUT2D eigenvalue weighted by atomic mass is 10.4. The lowest BCUT2D eigenvalue weighted by molar-refractivity contribution is -0.192. The van der Waals surface area contributed by atoms with Crippen molar-refractivity contribution in [2.45, 2.75) is 31.7 Å². The first-order valence-electron chi connectivity index (χ1n) is 10.5. The van der Waals surface area contributed by atoms with E-state index in [-0.39, 0.29) is 11.5 Å². The van der Waals surface area contributed by atoms with Crippen molar-refractivity contribution in [3.63, 3.8) is 0 Å². The van der Waals surface area contributed by atoms with Gasteiger partial charge in [0.25, 0.3) is 5.56 Å². The zero-order chi connectivity index (χ0) is 26.2. The van der Waals surface area contributed by atoms with Crippen LogP contribution in [-0.2, 0) is 23.2 Å². The second-order valence-electron chi connectivity index (χ2n) is 7.23. The highest BCUT2D eigenvalue weighted by Crippen LogP contribution is 2.22. The molecule has 35 heavy (non-hydrogen) atoms. The number of carbonyl (C=O) groups excluding carboxylic acids is 1. The third-order valence-electron chi connectivity index (χ3n) is 4.69. The van der Waals surface area contributed by atoms with Crippen LogP contribution in [0, 0.1) is 11.8 Å². The molecule has 11 nitrogen and oxygen atoms in total. The lowest BCUT2D eigenvalue weighted by Gasteiger charge is -2.28. The average Bonchev–Trinajstić information content (AvgIpc) is 3.17. The number of carboxylic acid groups (broad SMARTS) is 1. The van der Waals surface area contributed by atoms with Gasteiger partial charge in [0.15, 0.2) is 16.3 Å². The highest BCUT2D eigenvalue weighted by atomic mass is 32.2. The van der Waals surface area contributed by atoms with Crippen LogP contribution in [0.1, 0.15) is 13.8 Å². The number of nitrogens with one attached hydrogen (secondary N) is 2. The number of amides is 1. The van der Waals surface area contributed by atoms with Gasteiger partial charge in [-0.05, 0) is 6.92 Å². The maximum Gasteiger partial charge on any atom is 0.490 e. The summed E-state index contributed by atoms with van der Waals surface area (Å²) < 4.78 is 35.2. The molecule has 2 aromatic heterocycles. The Hall–Kier alpha value is -3.25. The highest BCUT2D eigenvalue weighted by Gasteiger charge is 2.38. The second kappa shape index (κ2) is 12.5. The molecule has 192 valence electrons. The van der Waals surface area contributed by atoms with E-state index in [0.717, 1.165) is 32.1 Å². The first-order valence-corrected chi connectivity index (χ1v) is 11.5. The summed E-state index contributed by atoms with van der Waals surface area (Å²) in [4.78, 5) is 44.5. The van der Waals surface area contributed by atoms with Crippen LogP contribution >= 0.6 is 11.8 Å². The standard InChI is InChI=1S/C18H25N7O2S.C2HF3O2/c1-4-5-9-25-14-15(21-17(25)24-10-6-19-7-11-24)22-18(23(3)16(14)27)28-12-8-20-13(2)26;3-2(4,5)1(6)7/h19H,6-12H2,1-3H3,(H,20,26);(H,6,7). The molecule has 15 heteroatoms. The number of carbonyl (C=O) groups is 2. The van der Waals surface area contributed by atoms with Gasteiger partial charge in [-0.15, -0.1) is 5.92 Å². The van der Waals surface area contributed by atoms with Crippen molar-refractivity contribution in [2.75, 3.05) is 43.4 Å². The van der Waals surface area contributed by atoms with Gasteiger partial charge >= 0.3 is 12.1 Å². The molecule has 0 saturated carbocycles. The number of anilines is 1.